The van der Waals surface area contributed by atoms with Gasteiger partial charge in [-0.2, -0.15) is 5.10 Å². The van der Waals surface area contributed by atoms with Gasteiger partial charge in [-0.3, -0.25) is 9.69 Å². The van der Waals surface area contributed by atoms with Crippen molar-refractivity contribution in [3.8, 4) is 22.8 Å². The monoisotopic (exact) mass is 557 g/mol. The highest BCUT2D eigenvalue weighted by Gasteiger charge is 2.30. The average Bonchev–Trinajstić information content (AvgIpc) is 3.64. The molecular formula is C31H39N7O3. The van der Waals surface area contributed by atoms with Crippen LogP contribution in [0.4, 0.5) is 5.82 Å². The van der Waals surface area contributed by atoms with E-state index >= 15 is 0 Å². The molecule has 2 aliphatic rings. The van der Waals surface area contributed by atoms with Crippen LogP contribution in [0.25, 0.3) is 22.3 Å². The van der Waals surface area contributed by atoms with E-state index in [2.05, 4.69) is 29.6 Å². The Balaban J connectivity index is 0.000000431. The standard InChI is InChI=1S/C26H29N7O.C5H10O2/c27-25-23-24(18-6-8-22(9-7-18)34-21-4-2-1-3-5-21)31-33(26(23)30-17-29-25)19-11-14-32(15-12-19)20-10-13-28-16-20;1-5(2,3)7-4-6/h1-9,17,19-20,28H,10-16H2,(H2,27,29,30);4H,1-3H3. The lowest BCUT2D eigenvalue weighted by Gasteiger charge is -2.35. The number of aromatic nitrogens is 4. The van der Waals surface area contributed by atoms with Crippen molar-refractivity contribution in [3.05, 3.63) is 60.9 Å². The van der Waals surface area contributed by atoms with Gasteiger partial charge in [0.2, 0.25) is 0 Å². The van der Waals surface area contributed by atoms with Gasteiger partial charge in [0.15, 0.2) is 5.65 Å². The number of hydrogen-bond donors (Lipinski definition) is 2. The van der Waals surface area contributed by atoms with Gasteiger partial charge in [0, 0.05) is 31.2 Å². The van der Waals surface area contributed by atoms with E-state index < -0.39 is 0 Å². The van der Waals surface area contributed by atoms with E-state index in [-0.39, 0.29) is 5.60 Å². The molecule has 216 valence electrons. The molecular weight excluding hydrogens is 518 g/mol. The first-order valence-corrected chi connectivity index (χ1v) is 14.2. The quantitative estimate of drug-likeness (QED) is 0.321. The highest BCUT2D eigenvalue weighted by molar-refractivity contribution is 5.98. The summed E-state index contributed by atoms with van der Waals surface area (Å²) in [6.45, 7) is 10.3. The maximum Gasteiger partial charge on any atom is 0.293 e. The highest BCUT2D eigenvalue weighted by atomic mass is 16.5. The fraction of sp³-hybridized carbons (Fsp3) is 0.419. The lowest BCUT2D eigenvalue weighted by atomic mass is 10.0. The van der Waals surface area contributed by atoms with Gasteiger partial charge >= 0.3 is 0 Å². The van der Waals surface area contributed by atoms with Crippen LogP contribution in [-0.2, 0) is 9.53 Å². The molecule has 4 aromatic rings. The molecule has 6 rings (SSSR count). The number of anilines is 1. The molecule has 3 N–H and O–H groups in total. The van der Waals surface area contributed by atoms with E-state index in [0.29, 0.717) is 24.4 Å². The molecule has 10 nitrogen and oxygen atoms in total. The summed E-state index contributed by atoms with van der Waals surface area (Å²) < 4.78 is 12.6. The van der Waals surface area contributed by atoms with Crippen LogP contribution in [0.3, 0.4) is 0 Å². The Morgan fingerprint density at radius 3 is 2.27 bits per heavy atom. The molecule has 2 aromatic carbocycles. The van der Waals surface area contributed by atoms with Crippen molar-refractivity contribution >= 4 is 23.3 Å². The van der Waals surface area contributed by atoms with Gasteiger partial charge in [0.05, 0.1) is 11.4 Å². The number of nitrogen functional groups attached to an aromatic ring is 1. The number of hydrogen-bond acceptors (Lipinski definition) is 9. The molecule has 1 atom stereocenters. The minimum Gasteiger partial charge on any atom is -0.462 e. The summed E-state index contributed by atoms with van der Waals surface area (Å²) in [6.07, 6.45) is 4.89. The second-order valence-electron chi connectivity index (χ2n) is 11.4. The zero-order valence-electron chi connectivity index (χ0n) is 24.0. The Morgan fingerprint density at radius 2 is 1.66 bits per heavy atom. The SMILES string of the molecule is CC(C)(C)OC=O.Nc1ncnc2c1c(-c1ccc(Oc3ccccc3)cc1)nn2C1CCN(C2CCNC2)CC1. The topological polar surface area (TPSA) is 120 Å². The van der Waals surface area contributed by atoms with Gasteiger partial charge in [-0.15, -0.1) is 0 Å². The molecule has 2 saturated heterocycles. The van der Waals surface area contributed by atoms with Gasteiger partial charge in [-0.05, 0) is 83.0 Å². The summed E-state index contributed by atoms with van der Waals surface area (Å²) in [4.78, 5) is 21.1. The van der Waals surface area contributed by atoms with Crippen molar-refractivity contribution in [2.75, 3.05) is 31.9 Å². The number of ether oxygens (including phenoxy) is 2. The second-order valence-corrected chi connectivity index (χ2v) is 11.4. The van der Waals surface area contributed by atoms with Crippen molar-refractivity contribution in [2.45, 2.75) is 57.7 Å². The van der Waals surface area contributed by atoms with Gasteiger partial charge in [-0.1, -0.05) is 18.2 Å². The fourth-order valence-corrected chi connectivity index (χ4v) is 5.35. The van der Waals surface area contributed by atoms with E-state index in [9.17, 15) is 4.79 Å². The maximum absolute atomic E-state index is 9.60. The maximum atomic E-state index is 9.60. The lowest BCUT2D eigenvalue weighted by molar-refractivity contribution is -0.138. The van der Waals surface area contributed by atoms with E-state index in [1.54, 1.807) is 0 Å². The Hall–Kier alpha value is -4.02. The highest BCUT2D eigenvalue weighted by Crippen LogP contribution is 2.35. The van der Waals surface area contributed by atoms with E-state index in [4.69, 9.17) is 15.6 Å². The normalized spacial score (nSPS) is 18.1. The molecule has 1 unspecified atom stereocenters. The first kappa shape index (κ1) is 28.5. The predicted molar refractivity (Wildman–Crippen MR) is 160 cm³/mol. The zero-order valence-corrected chi connectivity index (χ0v) is 24.0. The van der Waals surface area contributed by atoms with Crippen LogP contribution in [0.1, 0.15) is 46.1 Å². The number of rotatable bonds is 6. The van der Waals surface area contributed by atoms with E-state index in [1.165, 1.54) is 12.7 Å². The molecule has 2 aromatic heterocycles. The van der Waals surface area contributed by atoms with Crippen LogP contribution in [0.15, 0.2) is 60.9 Å². The van der Waals surface area contributed by atoms with Crippen molar-refractivity contribution in [2.24, 2.45) is 0 Å². The number of benzene rings is 2. The Labute approximate surface area is 240 Å². The first-order chi connectivity index (χ1) is 19.8. The second kappa shape index (κ2) is 12.7. The number of para-hydroxylation sites is 1. The molecule has 0 spiro atoms. The minimum absolute atomic E-state index is 0.303. The number of piperidine rings is 1. The smallest absolute Gasteiger partial charge is 0.293 e. The van der Waals surface area contributed by atoms with Gasteiger partial charge in [0.1, 0.15) is 34.9 Å². The van der Waals surface area contributed by atoms with Gasteiger partial charge in [0.25, 0.3) is 6.47 Å². The van der Waals surface area contributed by atoms with Gasteiger partial charge in [-0.25, -0.2) is 14.6 Å². The van der Waals surface area contributed by atoms with Crippen molar-refractivity contribution < 1.29 is 14.3 Å². The van der Waals surface area contributed by atoms with Crippen molar-refractivity contribution in [1.82, 2.24) is 30.0 Å². The zero-order chi connectivity index (χ0) is 28.8. The number of nitrogens with two attached hydrogens (primary N) is 1. The van der Waals surface area contributed by atoms with Crippen molar-refractivity contribution in [3.63, 3.8) is 0 Å². The Bertz CT molecular complexity index is 1420. The van der Waals surface area contributed by atoms with E-state index in [1.807, 2.05) is 75.4 Å². The summed E-state index contributed by atoms with van der Waals surface area (Å²) in [7, 11) is 0. The number of likely N-dealkylation sites (tertiary alicyclic amines) is 1. The number of nitrogens with zero attached hydrogens (tertiary/aromatic N) is 5. The van der Waals surface area contributed by atoms with Crippen molar-refractivity contribution in [1.29, 1.82) is 0 Å². The minimum atomic E-state index is -0.318. The molecule has 2 fully saturated rings. The molecule has 0 aliphatic carbocycles. The fourth-order valence-electron chi connectivity index (χ4n) is 5.35. The number of carbonyl (C=O) groups excluding carboxylic acids is 1. The molecule has 0 amide bonds. The molecule has 2 aliphatic heterocycles. The summed E-state index contributed by atoms with van der Waals surface area (Å²) in [6, 6.07) is 18.7. The Kier molecular flexibility index (Phi) is 8.80. The third kappa shape index (κ3) is 7.01. The molecule has 0 bridgehead atoms. The third-order valence-corrected chi connectivity index (χ3v) is 7.42. The summed E-state index contributed by atoms with van der Waals surface area (Å²) in [5.74, 6) is 2.05. The molecule has 4 heterocycles. The van der Waals surface area contributed by atoms with Crippen LogP contribution in [0.5, 0.6) is 11.5 Å². The van der Waals surface area contributed by atoms with Crippen LogP contribution >= 0.6 is 0 Å². The third-order valence-electron chi connectivity index (χ3n) is 7.42. The largest absolute Gasteiger partial charge is 0.462 e. The van der Waals surface area contributed by atoms with Crippen LogP contribution in [0.2, 0.25) is 0 Å². The Morgan fingerprint density at radius 1 is 0.951 bits per heavy atom. The number of nitrogens with one attached hydrogen (secondary N) is 1. The lowest BCUT2D eigenvalue weighted by Crippen LogP contribution is -2.43. The molecule has 10 heteroatoms. The first-order valence-electron chi connectivity index (χ1n) is 14.2. The summed E-state index contributed by atoms with van der Waals surface area (Å²) in [5.41, 5.74) is 8.62. The number of fused-ring (bicyclic) bond motifs is 1. The molecule has 0 saturated carbocycles. The van der Waals surface area contributed by atoms with E-state index in [0.717, 1.165) is 72.8 Å². The van der Waals surface area contributed by atoms with Gasteiger partial charge < -0.3 is 20.5 Å². The predicted octanol–water partition coefficient (Wildman–Crippen LogP) is 4.82. The summed E-state index contributed by atoms with van der Waals surface area (Å²) in [5, 5.41) is 9.35. The van der Waals surface area contributed by atoms with Crippen LogP contribution in [-0.4, -0.2) is 68.9 Å². The number of carbonyl (C=O) groups is 1. The molecule has 0 radical (unpaired) electrons. The average molecular weight is 558 g/mol. The van der Waals surface area contributed by atoms with Crippen LogP contribution in [0, 0.1) is 0 Å². The summed E-state index contributed by atoms with van der Waals surface area (Å²) >= 11 is 0. The molecule has 41 heavy (non-hydrogen) atoms. The van der Waals surface area contributed by atoms with Crippen LogP contribution < -0.4 is 15.8 Å².